The van der Waals surface area contributed by atoms with E-state index in [0.717, 1.165) is 6.07 Å². The van der Waals surface area contributed by atoms with Crippen LogP contribution in [0, 0.1) is 5.82 Å². The number of carbonyl (C=O) groups is 1. The normalized spacial score (nSPS) is 11.7. The lowest BCUT2D eigenvalue weighted by atomic mass is 9.97. The van der Waals surface area contributed by atoms with E-state index in [1.54, 1.807) is 0 Å². The minimum atomic E-state index is -0.678. The Morgan fingerprint density at radius 1 is 1.45 bits per heavy atom. The van der Waals surface area contributed by atoms with Gasteiger partial charge in [0.15, 0.2) is 11.4 Å². The summed E-state index contributed by atoms with van der Waals surface area (Å²) in [5.41, 5.74) is 0.0167. The van der Waals surface area contributed by atoms with Crippen molar-refractivity contribution in [3.05, 3.63) is 22.8 Å². The number of hydrogen-bond donors (Lipinski definition) is 2. The highest BCUT2D eigenvalue weighted by Crippen LogP contribution is 2.35. The van der Waals surface area contributed by atoms with Gasteiger partial charge in [-0.05, 0) is 6.07 Å². The summed E-state index contributed by atoms with van der Waals surface area (Å²) in [6.45, 7) is 5.73. The molecule has 0 bridgehead atoms. The van der Waals surface area contributed by atoms with Crippen LogP contribution < -0.4 is 10.6 Å². The van der Waals surface area contributed by atoms with Gasteiger partial charge in [-0.25, -0.2) is 14.2 Å². The van der Waals surface area contributed by atoms with Crippen molar-refractivity contribution < 1.29 is 13.6 Å². The lowest BCUT2D eigenvalue weighted by Gasteiger charge is -2.11. The average molecular weight is 300 g/mol. The number of nitrogens with zero attached hydrogens (tertiary/aromatic N) is 1. The molecule has 0 aliphatic rings. The van der Waals surface area contributed by atoms with Crippen molar-refractivity contribution in [2.45, 2.75) is 26.2 Å². The van der Waals surface area contributed by atoms with Crippen molar-refractivity contribution in [1.82, 2.24) is 10.3 Å². The Morgan fingerprint density at radius 2 is 2.10 bits per heavy atom. The number of amides is 2. The molecular weight excluding hydrogens is 285 g/mol. The molecule has 0 aliphatic carbocycles. The molecule has 0 fully saturated rings. The second-order valence-electron chi connectivity index (χ2n) is 5.37. The van der Waals surface area contributed by atoms with Crippen LogP contribution in [0.5, 0.6) is 0 Å². The first kappa shape index (κ1) is 14.6. The lowest BCUT2D eigenvalue weighted by molar-refractivity contribution is 0.254. The first-order chi connectivity index (χ1) is 9.24. The minimum absolute atomic E-state index is 0.0771. The van der Waals surface area contributed by atoms with Crippen LogP contribution in [0.1, 0.15) is 26.7 Å². The standard InChI is InChI=1S/C13H15ClFN3O2/c1-13(2,3)11-17-8-6(14)5-7(15)9(10(8)20-11)18-12(19)16-4/h5H,1-4H3,(H2,16,18,19). The summed E-state index contributed by atoms with van der Waals surface area (Å²) >= 11 is 5.98. The van der Waals surface area contributed by atoms with Gasteiger partial charge in [-0.2, -0.15) is 0 Å². The van der Waals surface area contributed by atoms with Crippen molar-refractivity contribution in [2.24, 2.45) is 0 Å². The minimum Gasteiger partial charge on any atom is -0.438 e. The number of fused-ring (bicyclic) bond motifs is 1. The van der Waals surface area contributed by atoms with Crippen LogP contribution in [0.4, 0.5) is 14.9 Å². The van der Waals surface area contributed by atoms with E-state index >= 15 is 0 Å². The number of anilines is 1. The van der Waals surface area contributed by atoms with Gasteiger partial charge in [0.1, 0.15) is 11.2 Å². The van der Waals surface area contributed by atoms with E-state index in [4.69, 9.17) is 16.0 Å². The predicted octanol–water partition coefficient (Wildman–Crippen LogP) is 3.67. The van der Waals surface area contributed by atoms with Crippen molar-refractivity contribution in [3.63, 3.8) is 0 Å². The first-order valence-corrected chi connectivity index (χ1v) is 6.39. The molecule has 0 radical (unpaired) electrons. The number of rotatable bonds is 1. The van der Waals surface area contributed by atoms with Crippen LogP contribution in [-0.4, -0.2) is 18.1 Å². The highest BCUT2D eigenvalue weighted by molar-refractivity contribution is 6.35. The van der Waals surface area contributed by atoms with Gasteiger partial charge in [-0.1, -0.05) is 32.4 Å². The largest absolute Gasteiger partial charge is 0.438 e. The van der Waals surface area contributed by atoms with Gasteiger partial charge < -0.3 is 15.1 Å². The molecule has 7 heteroatoms. The van der Waals surface area contributed by atoms with E-state index in [1.165, 1.54) is 7.05 Å². The van der Waals surface area contributed by atoms with Crippen molar-refractivity contribution in [2.75, 3.05) is 12.4 Å². The molecule has 20 heavy (non-hydrogen) atoms. The summed E-state index contributed by atoms with van der Waals surface area (Å²) < 4.78 is 19.6. The number of urea groups is 1. The summed E-state index contributed by atoms with van der Waals surface area (Å²) in [4.78, 5) is 15.7. The van der Waals surface area contributed by atoms with Crippen molar-refractivity contribution >= 4 is 34.4 Å². The van der Waals surface area contributed by atoms with E-state index < -0.39 is 11.8 Å². The fraction of sp³-hybridized carbons (Fsp3) is 0.385. The molecule has 2 amide bonds. The highest BCUT2D eigenvalue weighted by Gasteiger charge is 2.25. The molecule has 2 N–H and O–H groups in total. The van der Waals surface area contributed by atoms with Crippen LogP contribution in [0.25, 0.3) is 11.1 Å². The number of carbonyl (C=O) groups excluding carboxylic acids is 1. The van der Waals surface area contributed by atoms with E-state index in [2.05, 4.69) is 15.6 Å². The van der Waals surface area contributed by atoms with Gasteiger partial charge in [0.05, 0.1) is 5.02 Å². The summed E-state index contributed by atoms with van der Waals surface area (Å²) in [6.07, 6.45) is 0. The lowest BCUT2D eigenvalue weighted by Crippen LogP contribution is -2.25. The smallest absolute Gasteiger partial charge is 0.319 e. The third kappa shape index (κ3) is 2.56. The van der Waals surface area contributed by atoms with Gasteiger partial charge in [0, 0.05) is 12.5 Å². The second-order valence-corrected chi connectivity index (χ2v) is 5.77. The average Bonchev–Trinajstić information content (AvgIpc) is 2.79. The Hall–Kier alpha value is -1.82. The predicted molar refractivity (Wildman–Crippen MR) is 75.8 cm³/mol. The second kappa shape index (κ2) is 4.94. The van der Waals surface area contributed by atoms with Gasteiger partial charge >= 0.3 is 6.03 Å². The number of halogens is 2. The van der Waals surface area contributed by atoms with Gasteiger partial charge in [0.25, 0.3) is 0 Å². The number of oxazole rings is 1. The molecule has 1 aromatic heterocycles. The van der Waals surface area contributed by atoms with E-state index in [-0.39, 0.29) is 21.7 Å². The highest BCUT2D eigenvalue weighted by atomic mass is 35.5. The quantitative estimate of drug-likeness (QED) is 0.844. The summed E-state index contributed by atoms with van der Waals surface area (Å²) in [6, 6.07) is 0.547. The molecule has 2 aromatic rings. The van der Waals surface area contributed by atoms with Gasteiger partial charge in [-0.15, -0.1) is 0 Å². The Labute approximate surface area is 120 Å². The van der Waals surface area contributed by atoms with E-state index in [0.29, 0.717) is 11.4 Å². The van der Waals surface area contributed by atoms with Crippen LogP contribution >= 0.6 is 11.6 Å². The molecule has 5 nitrogen and oxygen atoms in total. The van der Waals surface area contributed by atoms with Crippen molar-refractivity contribution in [1.29, 1.82) is 0 Å². The molecule has 1 heterocycles. The number of nitrogens with one attached hydrogen (secondary N) is 2. The molecule has 0 saturated carbocycles. The number of benzene rings is 1. The maximum atomic E-state index is 14.0. The topological polar surface area (TPSA) is 67.2 Å². The van der Waals surface area contributed by atoms with Crippen LogP contribution in [0.15, 0.2) is 10.5 Å². The first-order valence-electron chi connectivity index (χ1n) is 6.01. The van der Waals surface area contributed by atoms with Crippen LogP contribution in [0.3, 0.4) is 0 Å². The molecule has 1 aromatic carbocycles. The Morgan fingerprint density at radius 3 is 2.65 bits per heavy atom. The van der Waals surface area contributed by atoms with Crippen LogP contribution in [0.2, 0.25) is 5.02 Å². The zero-order chi connectivity index (χ0) is 15.1. The fourth-order valence-corrected chi connectivity index (χ4v) is 1.85. The van der Waals surface area contributed by atoms with Gasteiger partial charge in [0.2, 0.25) is 5.89 Å². The molecule has 0 spiro atoms. The maximum Gasteiger partial charge on any atom is 0.319 e. The van der Waals surface area contributed by atoms with Crippen molar-refractivity contribution in [3.8, 4) is 0 Å². The Bertz CT molecular complexity index is 676. The molecule has 0 aliphatic heterocycles. The summed E-state index contributed by atoms with van der Waals surface area (Å²) in [5.74, 6) is -0.261. The molecule has 0 unspecified atom stereocenters. The molecule has 0 saturated heterocycles. The third-order valence-electron chi connectivity index (χ3n) is 2.68. The van der Waals surface area contributed by atoms with Gasteiger partial charge in [-0.3, -0.25) is 0 Å². The van der Waals surface area contributed by atoms with E-state index in [9.17, 15) is 9.18 Å². The fourth-order valence-electron chi connectivity index (χ4n) is 1.62. The van der Waals surface area contributed by atoms with E-state index in [1.807, 2.05) is 20.8 Å². The summed E-state index contributed by atoms with van der Waals surface area (Å²) in [7, 11) is 1.43. The van der Waals surface area contributed by atoms with Crippen LogP contribution in [-0.2, 0) is 5.41 Å². The zero-order valence-corrected chi connectivity index (χ0v) is 12.4. The maximum absolute atomic E-state index is 14.0. The molecular formula is C13H15ClFN3O2. The third-order valence-corrected chi connectivity index (χ3v) is 2.97. The number of hydrogen-bond acceptors (Lipinski definition) is 3. The molecule has 2 rings (SSSR count). The summed E-state index contributed by atoms with van der Waals surface area (Å²) in [5, 5.41) is 4.86. The Balaban J connectivity index is 2.67. The zero-order valence-electron chi connectivity index (χ0n) is 11.6. The monoisotopic (exact) mass is 299 g/mol. The number of aromatic nitrogens is 1. The SMILES string of the molecule is CNC(=O)Nc1c(F)cc(Cl)c2nc(C(C)(C)C)oc12. The Kier molecular flexibility index (Phi) is 3.60. The molecule has 108 valence electrons. The molecule has 0 atom stereocenters.